The van der Waals surface area contributed by atoms with Gasteiger partial charge in [0.25, 0.3) is 0 Å². The Bertz CT molecular complexity index is 550. The molecule has 0 spiro atoms. The summed E-state index contributed by atoms with van der Waals surface area (Å²) in [6.07, 6.45) is 0.668. The zero-order valence-electron chi connectivity index (χ0n) is 13.2. The zero-order valence-corrected chi connectivity index (χ0v) is 13.2. The Labute approximate surface area is 124 Å². The van der Waals surface area contributed by atoms with Gasteiger partial charge in [-0.3, -0.25) is 4.90 Å². The summed E-state index contributed by atoms with van der Waals surface area (Å²) in [5, 5.41) is 9.27. The molecule has 116 valence electrons. The number of carboxylic acid groups (broad SMARTS) is 1. The van der Waals surface area contributed by atoms with Crippen LogP contribution in [0.4, 0.5) is 10.5 Å². The molecule has 1 amide bonds. The monoisotopic (exact) mass is 295 g/mol. The summed E-state index contributed by atoms with van der Waals surface area (Å²) in [6.45, 7) is 8.91. The van der Waals surface area contributed by atoms with E-state index in [9.17, 15) is 14.7 Å². The van der Waals surface area contributed by atoms with Crippen LogP contribution in [0.15, 0.2) is 6.20 Å². The van der Waals surface area contributed by atoms with E-state index < -0.39 is 17.7 Å². The number of hydrogen-bond acceptors (Lipinski definition) is 5. The van der Waals surface area contributed by atoms with Gasteiger partial charge in [0.1, 0.15) is 11.4 Å². The number of rotatable bonds is 3. The molecule has 0 aliphatic heterocycles. The maximum atomic E-state index is 12.0. The molecule has 0 unspecified atom stereocenters. The van der Waals surface area contributed by atoms with Gasteiger partial charge in [0.05, 0.1) is 11.9 Å². The smallest absolute Gasteiger partial charge is 0.414 e. The first kappa shape index (κ1) is 16.9. The Morgan fingerprint density at radius 2 is 1.90 bits per heavy atom. The van der Waals surface area contributed by atoms with E-state index in [2.05, 4.69) is 9.97 Å². The van der Waals surface area contributed by atoms with E-state index in [0.29, 0.717) is 5.82 Å². The minimum atomic E-state index is -1.22. The van der Waals surface area contributed by atoms with Crippen molar-refractivity contribution in [2.45, 2.75) is 46.1 Å². The average Bonchev–Trinajstić information content (AvgIpc) is 2.34. The minimum Gasteiger partial charge on any atom is -0.476 e. The van der Waals surface area contributed by atoms with Crippen molar-refractivity contribution in [3.8, 4) is 0 Å². The van der Waals surface area contributed by atoms with Gasteiger partial charge in [-0.15, -0.1) is 0 Å². The number of carbonyl (C=O) groups is 2. The molecule has 0 saturated carbocycles. The van der Waals surface area contributed by atoms with Gasteiger partial charge in [0.15, 0.2) is 5.69 Å². The molecule has 21 heavy (non-hydrogen) atoms. The molecule has 1 aromatic rings. The van der Waals surface area contributed by atoms with Crippen LogP contribution in [0.25, 0.3) is 0 Å². The highest BCUT2D eigenvalue weighted by molar-refractivity contribution is 5.97. The van der Waals surface area contributed by atoms with Crippen molar-refractivity contribution in [3.05, 3.63) is 17.7 Å². The molecular weight excluding hydrogens is 274 g/mol. The molecule has 1 N–H and O–H groups in total. The van der Waals surface area contributed by atoms with Crippen LogP contribution < -0.4 is 4.90 Å². The normalized spacial score (nSPS) is 11.4. The Morgan fingerprint density at radius 1 is 1.33 bits per heavy atom. The van der Waals surface area contributed by atoms with Crippen molar-refractivity contribution in [2.24, 2.45) is 0 Å². The summed E-state index contributed by atoms with van der Waals surface area (Å²) in [6, 6.07) is 0. The molecule has 0 aromatic carbocycles. The van der Waals surface area contributed by atoms with Crippen molar-refractivity contribution in [1.29, 1.82) is 0 Å². The van der Waals surface area contributed by atoms with E-state index in [0.717, 1.165) is 4.90 Å². The summed E-state index contributed by atoms with van der Waals surface area (Å²) in [4.78, 5) is 32.6. The quantitative estimate of drug-likeness (QED) is 0.921. The zero-order chi connectivity index (χ0) is 16.4. The molecule has 1 aromatic heterocycles. The molecule has 7 heteroatoms. The summed E-state index contributed by atoms with van der Waals surface area (Å²) in [5.74, 6) is -0.817. The molecule has 7 nitrogen and oxygen atoms in total. The largest absolute Gasteiger partial charge is 0.476 e. The molecule has 0 aliphatic rings. The number of amides is 1. The van der Waals surface area contributed by atoms with Crippen molar-refractivity contribution >= 4 is 17.7 Å². The lowest BCUT2D eigenvalue weighted by molar-refractivity contribution is 0.0589. The van der Waals surface area contributed by atoms with Crippen LogP contribution in [-0.2, 0) is 4.74 Å². The number of carboxylic acids is 1. The molecule has 1 heterocycles. The van der Waals surface area contributed by atoms with Crippen LogP contribution in [0.3, 0.4) is 0 Å². The van der Waals surface area contributed by atoms with E-state index in [4.69, 9.17) is 4.74 Å². The molecule has 0 atom stereocenters. The molecule has 0 aliphatic carbocycles. The van der Waals surface area contributed by atoms with Crippen molar-refractivity contribution < 1.29 is 19.4 Å². The highest BCUT2D eigenvalue weighted by Gasteiger charge is 2.25. The number of aromatic nitrogens is 2. The van der Waals surface area contributed by atoms with Gasteiger partial charge in [-0.05, 0) is 20.8 Å². The van der Waals surface area contributed by atoms with E-state index in [1.807, 2.05) is 13.8 Å². The van der Waals surface area contributed by atoms with Crippen LogP contribution in [0.1, 0.15) is 56.8 Å². The number of nitrogens with zero attached hydrogens (tertiary/aromatic N) is 3. The lowest BCUT2D eigenvalue weighted by atomic mass is 10.2. The van der Waals surface area contributed by atoms with Gasteiger partial charge >= 0.3 is 12.1 Å². The summed E-state index contributed by atoms with van der Waals surface area (Å²) in [7, 11) is 1.42. The van der Waals surface area contributed by atoms with Gasteiger partial charge in [0, 0.05) is 13.0 Å². The topological polar surface area (TPSA) is 92.6 Å². The first-order valence-electron chi connectivity index (χ1n) is 6.60. The summed E-state index contributed by atoms with van der Waals surface area (Å²) >= 11 is 0. The fourth-order valence-electron chi connectivity index (χ4n) is 1.50. The van der Waals surface area contributed by atoms with Gasteiger partial charge in [-0.25, -0.2) is 19.6 Å². The average molecular weight is 295 g/mol. The van der Waals surface area contributed by atoms with Gasteiger partial charge in [-0.1, -0.05) is 13.8 Å². The van der Waals surface area contributed by atoms with Crippen LogP contribution >= 0.6 is 0 Å². The second-order valence-corrected chi connectivity index (χ2v) is 5.96. The number of carbonyl (C=O) groups excluding carboxylic acids is 1. The summed E-state index contributed by atoms with van der Waals surface area (Å²) < 4.78 is 5.20. The third kappa shape index (κ3) is 4.40. The van der Waals surface area contributed by atoms with Crippen molar-refractivity contribution in [1.82, 2.24) is 9.97 Å². The third-order valence-corrected chi connectivity index (χ3v) is 2.54. The first-order chi connectivity index (χ1) is 9.53. The van der Waals surface area contributed by atoms with E-state index >= 15 is 0 Å². The van der Waals surface area contributed by atoms with Crippen LogP contribution in [-0.4, -0.2) is 39.8 Å². The second-order valence-electron chi connectivity index (χ2n) is 5.96. The third-order valence-electron chi connectivity index (χ3n) is 2.54. The second kappa shape index (κ2) is 6.07. The predicted octanol–water partition coefficient (Wildman–Crippen LogP) is 2.67. The SMILES string of the molecule is CC(C)c1ncc(N(C)C(=O)OC(C)(C)C)c(C(=O)O)n1. The Morgan fingerprint density at radius 3 is 2.33 bits per heavy atom. The maximum absolute atomic E-state index is 12.0. The molecular formula is C14H21N3O4. The van der Waals surface area contributed by atoms with Crippen LogP contribution in [0, 0.1) is 0 Å². The van der Waals surface area contributed by atoms with Crippen molar-refractivity contribution in [2.75, 3.05) is 11.9 Å². The first-order valence-corrected chi connectivity index (χ1v) is 6.60. The predicted molar refractivity (Wildman–Crippen MR) is 77.7 cm³/mol. The Balaban J connectivity index is 3.17. The maximum Gasteiger partial charge on any atom is 0.414 e. The highest BCUT2D eigenvalue weighted by atomic mass is 16.6. The fraction of sp³-hybridized carbons (Fsp3) is 0.571. The summed E-state index contributed by atoms with van der Waals surface area (Å²) in [5.41, 5.74) is -0.795. The van der Waals surface area contributed by atoms with E-state index in [1.165, 1.54) is 13.2 Å². The number of anilines is 1. The van der Waals surface area contributed by atoms with Gasteiger partial charge in [-0.2, -0.15) is 0 Å². The Hall–Kier alpha value is -2.18. The molecule has 0 radical (unpaired) electrons. The number of aromatic carboxylic acids is 1. The van der Waals surface area contributed by atoms with E-state index in [1.54, 1.807) is 20.8 Å². The molecule has 0 bridgehead atoms. The Kier molecular flexibility index (Phi) is 4.88. The highest BCUT2D eigenvalue weighted by Crippen LogP contribution is 2.21. The number of ether oxygens (including phenoxy) is 1. The molecule has 0 saturated heterocycles. The standard InChI is InChI=1S/C14H21N3O4/c1-8(2)11-15-7-9(10(16-11)12(18)19)17(6)13(20)21-14(3,4)5/h7-8H,1-6H3,(H,18,19). The van der Waals surface area contributed by atoms with Gasteiger partial charge < -0.3 is 9.84 Å². The van der Waals surface area contributed by atoms with Crippen LogP contribution in [0.5, 0.6) is 0 Å². The molecule has 0 fully saturated rings. The van der Waals surface area contributed by atoms with E-state index in [-0.39, 0.29) is 17.3 Å². The van der Waals surface area contributed by atoms with Crippen molar-refractivity contribution in [3.63, 3.8) is 0 Å². The lowest BCUT2D eigenvalue weighted by Crippen LogP contribution is -2.35. The fourth-order valence-corrected chi connectivity index (χ4v) is 1.50. The van der Waals surface area contributed by atoms with Crippen LogP contribution in [0.2, 0.25) is 0 Å². The number of hydrogen-bond donors (Lipinski definition) is 1. The van der Waals surface area contributed by atoms with Gasteiger partial charge in [0.2, 0.25) is 0 Å². The minimum absolute atomic E-state index is 0.0102. The lowest BCUT2D eigenvalue weighted by Gasteiger charge is -2.25. The molecule has 1 rings (SSSR count).